The number of carbonyl (C=O) groups is 1. The summed E-state index contributed by atoms with van der Waals surface area (Å²) in [5, 5.41) is 12.9. The minimum Gasteiger partial charge on any atom is -0.349 e. The fourth-order valence-electron chi connectivity index (χ4n) is 2.16. The Bertz CT molecular complexity index is 774. The van der Waals surface area contributed by atoms with Crippen LogP contribution in [0.5, 0.6) is 0 Å². The molecular weight excluding hydrogens is 363 g/mol. The van der Waals surface area contributed by atoms with E-state index in [2.05, 4.69) is 11.4 Å². The predicted molar refractivity (Wildman–Crippen MR) is 100 cm³/mol. The van der Waals surface area contributed by atoms with E-state index in [1.165, 1.54) is 11.8 Å². The van der Waals surface area contributed by atoms with E-state index in [1.54, 1.807) is 18.2 Å². The van der Waals surface area contributed by atoms with Gasteiger partial charge in [0.25, 0.3) is 0 Å². The summed E-state index contributed by atoms with van der Waals surface area (Å²) < 4.78 is 0. The van der Waals surface area contributed by atoms with Gasteiger partial charge in [-0.1, -0.05) is 47.5 Å². The molecule has 0 heterocycles. The lowest BCUT2D eigenvalue weighted by Crippen LogP contribution is -2.28. The monoisotopic (exact) mass is 378 g/mol. The van der Waals surface area contributed by atoms with Gasteiger partial charge in [-0.15, -0.1) is 11.8 Å². The second-order valence-electron chi connectivity index (χ2n) is 5.22. The standard InChI is InChI=1S/C18H16Cl2N2OS/c1-12(13-6-7-16(19)17(20)8-13)22-18(23)11-24-10-15-5-3-2-4-14(15)9-21/h2-8,12H,10-11H2,1H3,(H,22,23)/t12-/m0/s1. The molecule has 124 valence electrons. The molecule has 1 N–H and O–H groups in total. The van der Waals surface area contributed by atoms with Crippen molar-refractivity contribution < 1.29 is 4.79 Å². The Labute approximate surface area is 156 Å². The first-order chi connectivity index (χ1) is 11.5. The highest BCUT2D eigenvalue weighted by atomic mass is 35.5. The minimum atomic E-state index is -0.153. The Morgan fingerprint density at radius 2 is 2.00 bits per heavy atom. The molecule has 24 heavy (non-hydrogen) atoms. The van der Waals surface area contributed by atoms with Crippen LogP contribution in [0.4, 0.5) is 0 Å². The molecule has 0 aliphatic heterocycles. The molecule has 0 spiro atoms. The molecule has 1 atom stereocenters. The van der Waals surface area contributed by atoms with E-state index in [4.69, 9.17) is 28.5 Å². The number of nitriles is 1. The molecular formula is C18H16Cl2N2OS. The van der Waals surface area contributed by atoms with Gasteiger partial charge in [-0.05, 0) is 36.2 Å². The largest absolute Gasteiger partial charge is 0.349 e. The maximum absolute atomic E-state index is 12.1. The van der Waals surface area contributed by atoms with Gasteiger partial charge in [0.1, 0.15) is 0 Å². The van der Waals surface area contributed by atoms with Crippen molar-refractivity contribution in [3.63, 3.8) is 0 Å². The van der Waals surface area contributed by atoms with E-state index >= 15 is 0 Å². The molecule has 0 aliphatic carbocycles. The van der Waals surface area contributed by atoms with Crippen LogP contribution in [0.1, 0.15) is 29.7 Å². The molecule has 2 aromatic rings. The van der Waals surface area contributed by atoms with Crippen LogP contribution in [0, 0.1) is 11.3 Å². The van der Waals surface area contributed by atoms with E-state index in [0.29, 0.717) is 27.1 Å². The van der Waals surface area contributed by atoms with Crippen LogP contribution in [0.15, 0.2) is 42.5 Å². The topological polar surface area (TPSA) is 52.9 Å². The number of nitrogens with zero attached hydrogens (tertiary/aromatic N) is 1. The fourth-order valence-corrected chi connectivity index (χ4v) is 3.31. The number of carbonyl (C=O) groups excluding carboxylic acids is 1. The Kier molecular flexibility index (Phi) is 6.99. The molecule has 0 saturated carbocycles. The van der Waals surface area contributed by atoms with Gasteiger partial charge in [-0.25, -0.2) is 0 Å². The van der Waals surface area contributed by atoms with Gasteiger partial charge in [0.15, 0.2) is 0 Å². The summed E-state index contributed by atoms with van der Waals surface area (Å²) in [6, 6.07) is 14.7. The molecule has 0 aliphatic rings. The molecule has 0 radical (unpaired) electrons. The van der Waals surface area contributed by atoms with Crippen molar-refractivity contribution in [3.05, 3.63) is 69.2 Å². The number of benzene rings is 2. The number of hydrogen-bond acceptors (Lipinski definition) is 3. The zero-order valence-electron chi connectivity index (χ0n) is 13.1. The van der Waals surface area contributed by atoms with Crippen molar-refractivity contribution >= 4 is 40.9 Å². The Balaban J connectivity index is 1.85. The van der Waals surface area contributed by atoms with Crippen molar-refractivity contribution in [2.24, 2.45) is 0 Å². The summed E-state index contributed by atoms with van der Waals surface area (Å²) >= 11 is 13.4. The Morgan fingerprint density at radius 1 is 1.25 bits per heavy atom. The molecule has 0 aromatic heterocycles. The molecule has 0 unspecified atom stereocenters. The second kappa shape index (κ2) is 8.98. The molecule has 0 bridgehead atoms. The minimum absolute atomic E-state index is 0.0620. The zero-order chi connectivity index (χ0) is 17.5. The van der Waals surface area contributed by atoms with Crippen LogP contribution in [-0.4, -0.2) is 11.7 Å². The lowest BCUT2D eigenvalue weighted by Gasteiger charge is -2.15. The first kappa shape index (κ1) is 18.7. The fraction of sp³-hybridized carbons (Fsp3) is 0.222. The third kappa shape index (κ3) is 5.17. The summed E-state index contributed by atoms with van der Waals surface area (Å²) in [7, 11) is 0. The molecule has 6 heteroatoms. The number of halogens is 2. The average Bonchev–Trinajstić information content (AvgIpc) is 2.57. The third-order valence-electron chi connectivity index (χ3n) is 3.45. The summed E-state index contributed by atoms with van der Waals surface area (Å²) in [5.41, 5.74) is 2.49. The summed E-state index contributed by atoms with van der Waals surface area (Å²) in [4.78, 5) is 12.1. The highest BCUT2D eigenvalue weighted by Crippen LogP contribution is 2.25. The molecule has 2 aromatic carbocycles. The SMILES string of the molecule is C[C@H](NC(=O)CSCc1ccccc1C#N)c1ccc(Cl)c(Cl)c1. The van der Waals surface area contributed by atoms with Crippen molar-refractivity contribution in [2.75, 3.05) is 5.75 Å². The van der Waals surface area contributed by atoms with Gasteiger partial charge >= 0.3 is 0 Å². The number of amides is 1. The highest BCUT2D eigenvalue weighted by molar-refractivity contribution is 7.99. The molecule has 2 rings (SSSR count). The van der Waals surface area contributed by atoms with Gasteiger partial charge in [0.2, 0.25) is 5.91 Å². The first-order valence-corrected chi connectivity index (χ1v) is 9.22. The molecule has 3 nitrogen and oxygen atoms in total. The third-order valence-corrected chi connectivity index (χ3v) is 5.17. The van der Waals surface area contributed by atoms with Gasteiger partial charge in [0, 0.05) is 5.75 Å². The van der Waals surface area contributed by atoms with Crippen LogP contribution in [0.25, 0.3) is 0 Å². The number of thioether (sulfide) groups is 1. The predicted octanol–water partition coefficient (Wildman–Crippen LogP) is 4.98. The zero-order valence-corrected chi connectivity index (χ0v) is 15.4. The van der Waals surface area contributed by atoms with E-state index in [0.717, 1.165) is 11.1 Å². The van der Waals surface area contributed by atoms with Gasteiger partial charge in [-0.2, -0.15) is 5.26 Å². The van der Waals surface area contributed by atoms with Crippen LogP contribution in [-0.2, 0) is 10.5 Å². The first-order valence-electron chi connectivity index (χ1n) is 7.31. The Hall–Kier alpha value is -1.67. The van der Waals surface area contributed by atoms with Gasteiger partial charge in [0.05, 0.1) is 33.5 Å². The van der Waals surface area contributed by atoms with Crippen molar-refractivity contribution in [3.8, 4) is 6.07 Å². The van der Waals surface area contributed by atoms with Crippen LogP contribution in [0.2, 0.25) is 10.0 Å². The number of rotatable bonds is 6. The lowest BCUT2D eigenvalue weighted by atomic mass is 10.1. The highest BCUT2D eigenvalue weighted by Gasteiger charge is 2.11. The van der Waals surface area contributed by atoms with E-state index < -0.39 is 0 Å². The van der Waals surface area contributed by atoms with Gasteiger partial charge in [-0.3, -0.25) is 4.79 Å². The van der Waals surface area contributed by atoms with Crippen molar-refractivity contribution in [1.82, 2.24) is 5.32 Å². The maximum atomic E-state index is 12.1. The quantitative estimate of drug-likeness (QED) is 0.771. The lowest BCUT2D eigenvalue weighted by molar-refractivity contribution is -0.119. The van der Waals surface area contributed by atoms with E-state index in [9.17, 15) is 4.79 Å². The van der Waals surface area contributed by atoms with E-state index in [1.807, 2.05) is 31.2 Å². The van der Waals surface area contributed by atoms with E-state index in [-0.39, 0.29) is 11.9 Å². The maximum Gasteiger partial charge on any atom is 0.230 e. The van der Waals surface area contributed by atoms with Crippen molar-refractivity contribution in [2.45, 2.75) is 18.7 Å². The Morgan fingerprint density at radius 3 is 2.71 bits per heavy atom. The second-order valence-corrected chi connectivity index (χ2v) is 7.02. The molecule has 0 fully saturated rings. The smallest absolute Gasteiger partial charge is 0.230 e. The summed E-state index contributed by atoms with van der Waals surface area (Å²) in [5.74, 6) is 0.886. The van der Waals surface area contributed by atoms with Gasteiger partial charge < -0.3 is 5.32 Å². The van der Waals surface area contributed by atoms with Crippen LogP contribution in [0.3, 0.4) is 0 Å². The summed E-state index contributed by atoms with van der Waals surface area (Å²) in [6.07, 6.45) is 0. The molecule has 1 amide bonds. The van der Waals surface area contributed by atoms with Crippen LogP contribution >= 0.6 is 35.0 Å². The van der Waals surface area contributed by atoms with Crippen molar-refractivity contribution in [1.29, 1.82) is 5.26 Å². The normalized spacial score (nSPS) is 11.6. The average molecular weight is 379 g/mol. The molecule has 0 saturated heterocycles. The number of nitrogens with one attached hydrogen (secondary N) is 1. The number of hydrogen-bond donors (Lipinski definition) is 1. The summed E-state index contributed by atoms with van der Waals surface area (Å²) in [6.45, 7) is 1.90. The van der Waals surface area contributed by atoms with Crippen LogP contribution < -0.4 is 5.32 Å².